The number of carbonyl (C=O) groups is 1. The van der Waals surface area contributed by atoms with Gasteiger partial charge in [0, 0.05) is 6.04 Å². The van der Waals surface area contributed by atoms with Gasteiger partial charge in [0.05, 0.1) is 4.88 Å². The van der Waals surface area contributed by atoms with E-state index in [1.54, 1.807) is 0 Å². The van der Waals surface area contributed by atoms with E-state index in [0.717, 1.165) is 22.6 Å². The van der Waals surface area contributed by atoms with E-state index >= 15 is 0 Å². The topological polar surface area (TPSA) is 29.1 Å². The summed E-state index contributed by atoms with van der Waals surface area (Å²) in [5, 5.41) is 5.29. The van der Waals surface area contributed by atoms with Gasteiger partial charge in [0.1, 0.15) is 0 Å². The van der Waals surface area contributed by atoms with Gasteiger partial charge in [-0.15, -0.1) is 11.3 Å². The zero-order chi connectivity index (χ0) is 13.7. The van der Waals surface area contributed by atoms with Gasteiger partial charge in [-0.1, -0.05) is 6.07 Å². The zero-order valence-corrected chi connectivity index (χ0v) is 12.9. The second-order valence-electron chi connectivity index (χ2n) is 7.45. The number of thiophene rings is 1. The number of rotatable bonds is 3. The molecule has 1 heterocycles. The summed E-state index contributed by atoms with van der Waals surface area (Å²) in [5.74, 6) is 2.97. The lowest BCUT2D eigenvalue weighted by atomic mass is 9.48. The smallest absolute Gasteiger partial charge is 0.261 e. The molecular formula is C17H23NOS. The molecule has 1 aromatic rings. The van der Waals surface area contributed by atoms with Crippen molar-refractivity contribution >= 4 is 17.2 Å². The van der Waals surface area contributed by atoms with Crippen molar-refractivity contribution in [1.82, 2.24) is 5.32 Å². The lowest BCUT2D eigenvalue weighted by Crippen LogP contribution is -2.55. The van der Waals surface area contributed by atoms with Crippen molar-refractivity contribution in [3.8, 4) is 0 Å². The van der Waals surface area contributed by atoms with Crippen molar-refractivity contribution in [2.45, 2.75) is 51.5 Å². The summed E-state index contributed by atoms with van der Waals surface area (Å²) in [5.41, 5.74) is 0.404. The van der Waals surface area contributed by atoms with Crippen LogP contribution in [0.1, 0.15) is 55.1 Å². The third-order valence-electron chi connectivity index (χ3n) is 6.10. The van der Waals surface area contributed by atoms with Gasteiger partial charge < -0.3 is 5.32 Å². The highest BCUT2D eigenvalue weighted by Gasteiger charge is 2.53. The Balaban J connectivity index is 1.51. The van der Waals surface area contributed by atoms with Gasteiger partial charge in [-0.2, -0.15) is 0 Å². The highest BCUT2D eigenvalue weighted by atomic mass is 32.1. The minimum absolute atomic E-state index is 0.128. The minimum atomic E-state index is 0.128. The maximum Gasteiger partial charge on any atom is 0.261 e. The van der Waals surface area contributed by atoms with Crippen LogP contribution in [0.4, 0.5) is 0 Å². The fourth-order valence-corrected chi connectivity index (χ4v) is 6.16. The van der Waals surface area contributed by atoms with Gasteiger partial charge in [0.15, 0.2) is 0 Å². The molecule has 4 aliphatic carbocycles. The number of amides is 1. The minimum Gasteiger partial charge on any atom is -0.348 e. The summed E-state index contributed by atoms with van der Waals surface area (Å²) in [6.07, 6.45) is 8.45. The van der Waals surface area contributed by atoms with E-state index in [4.69, 9.17) is 0 Å². The van der Waals surface area contributed by atoms with Crippen LogP contribution in [0, 0.1) is 23.2 Å². The van der Waals surface area contributed by atoms with E-state index in [1.807, 2.05) is 17.5 Å². The number of hydrogen-bond donors (Lipinski definition) is 1. The first-order valence-electron chi connectivity index (χ1n) is 7.99. The Labute approximate surface area is 125 Å². The Hall–Kier alpha value is -0.830. The monoisotopic (exact) mass is 289 g/mol. The zero-order valence-electron chi connectivity index (χ0n) is 12.1. The quantitative estimate of drug-likeness (QED) is 0.892. The van der Waals surface area contributed by atoms with Crippen molar-refractivity contribution < 1.29 is 4.79 Å². The van der Waals surface area contributed by atoms with Crippen LogP contribution < -0.4 is 5.32 Å². The molecule has 3 heteroatoms. The molecule has 0 saturated heterocycles. The van der Waals surface area contributed by atoms with Crippen LogP contribution in [0.3, 0.4) is 0 Å². The van der Waals surface area contributed by atoms with E-state index in [9.17, 15) is 4.79 Å². The third-order valence-corrected chi connectivity index (χ3v) is 6.97. The van der Waals surface area contributed by atoms with Crippen LogP contribution >= 0.6 is 11.3 Å². The molecule has 4 aliphatic rings. The maximum absolute atomic E-state index is 12.3. The fourth-order valence-electron chi connectivity index (χ4n) is 5.54. The van der Waals surface area contributed by atoms with Crippen LogP contribution in [0.25, 0.3) is 0 Å². The van der Waals surface area contributed by atoms with E-state index in [2.05, 4.69) is 12.2 Å². The predicted molar refractivity (Wildman–Crippen MR) is 81.9 cm³/mol. The van der Waals surface area contributed by atoms with E-state index in [1.165, 1.54) is 49.9 Å². The highest BCUT2D eigenvalue weighted by Crippen LogP contribution is 2.61. The average molecular weight is 289 g/mol. The van der Waals surface area contributed by atoms with Crippen molar-refractivity contribution in [3.63, 3.8) is 0 Å². The van der Waals surface area contributed by atoms with Gasteiger partial charge in [-0.3, -0.25) is 4.79 Å². The summed E-state index contributed by atoms with van der Waals surface area (Å²) in [6, 6.07) is 4.20. The van der Waals surface area contributed by atoms with E-state index in [-0.39, 0.29) is 5.91 Å². The van der Waals surface area contributed by atoms with Crippen molar-refractivity contribution in [2.75, 3.05) is 0 Å². The van der Waals surface area contributed by atoms with Crippen LogP contribution in [0.2, 0.25) is 0 Å². The first kappa shape index (κ1) is 12.9. The van der Waals surface area contributed by atoms with Crippen molar-refractivity contribution in [1.29, 1.82) is 0 Å². The molecule has 20 heavy (non-hydrogen) atoms. The highest BCUT2D eigenvalue weighted by molar-refractivity contribution is 7.12. The molecule has 1 aromatic heterocycles. The van der Waals surface area contributed by atoms with Gasteiger partial charge in [-0.25, -0.2) is 0 Å². The third kappa shape index (κ3) is 2.02. The summed E-state index contributed by atoms with van der Waals surface area (Å²) in [4.78, 5) is 13.2. The van der Waals surface area contributed by atoms with E-state index in [0.29, 0.717) is 11.5 Å². The molecule has 0 radical (unpaired) electrons. The molecular weight excluding hydrogens is 266 g/mol. The van der Waals surface area contributed by atoms with Gasteiger partial charge in [-0.05, 0) is 80.1 Å². The van der Waals surface area contributed by atoms with Crippen molar-refractivity contribution in [3.05, 3.63) is 22.4 Å². The molecule has 4 saturated carbocycles. The molecule has 0 unspecified atom stereocenters. The Morgan fingerprint density at radius 1 is 1.25 bits per heavy atom. The molecule has 4 bridgehead atoms. The summed E-state index contributed by atoms with van der Waals surface area (Å²) in [7, 11) is 0. The number of hydrogen-bond acceptors (Lipinski definition) is 2. The van der Waals surface area contributed by atoms with Crippen LogP contribution in [0.15, 0.2) is 17.5 Å². The molecule has 0 spiro atoms. The van der Waals surface area contributed by atoms with Crippen LogP contribution in [-0.2, 0) is 0 Å². The Morgan fingerprint density at radius 2 is 1.85 bits per heavy atom. The largest absolute Gasteiger partial charge is 0.348 e. The molecule has 0 aliphatic heterocycles. The molecule has 1 N–H and O–H groups in total. The Bertz CT molecular complexity index is 472. The van der Waals surface area contributed by atoms with Gasteiger partial charge in [0.2, 0.25) is 0 Å². The normalized spacial score (nSPS) is 39.8. The lowest BCUT2D eigenvalue weighted by molar-refractivity contribution is -0.0687. The van der Waals surface area contributed by atoms with Gasteiger partial charge >= 0.3 is 0 Å². The molecule has 2 nitrogen and oxygen atoms in total. The second kappa shape index (κ2) is 4.59. The molecule has 1 amide bonds. The average Bonchev–Trinajstić information content (AvgIpc) is 2.90. The first-order valence-corrected chi connectivity index (χ1v) is 8.87. The fraction of sp³-hybridized carbons (Fsp3) is 0.706. The van der Waals surface area contributed by atoms with Gasteiger partial charge in [0.25, 0.3) is 5.91 Å². The van der Waals surface area contributed by atoms with Crippen LogP contribution in [-0.4, -0.2) is 11.9 Å². The maximum atomic E-state index is 12.3. The SMILES string of the molecule is C[C@@H](NC(=O)c1cccs1)C12CC3CC(CC(C3)C1)C2. The Kier molecular flexibility index (Phi) is 2.95. The number of carbonyl (C=O) groups excluding carboxylic acids is 1. The Morgan fingerprint density at radius 3 is 2.35 bits per heavy atom. The van der Waals surface area contributed by atoms with Crippen LogP contribution in [0.5, 0.6) is 0 Å². The van der Waals surface area contributed by atoms with Crippen molar-refractivity contribution in [2.24, 2.45) is 23.2 Å². The molecule has 108 valence electrons. The number of nitrogens with one attached hydrogen (secondary N) is 1. The summed E-state index contributed by atoms with van der Waals surface area (Å²) < 4.78 is 0. The standard InChI is InChI=1S/C17H23NOS/c1-11(18-16(19)15-3-2-4-20-15)17-8-12-5-13(9-17)7-14(6-12)10-17/h2-4,11-14H,5-10H2,1H3,(H,18,19)/t11-,12?,13?,14?,17?/m1/s1. The molecule has 1 atom stereocenters. The lowest BCUT2D eigenvalue weighted by Gasteiger charge is -2.59. The molecule has 0 aromatic carbocycles. The van der Waals surface area contributed by atoms with E-state index < -0.39 is 0 Å². The summed E-state index contributed by atoms with van der Waals surface area (Å²) in [6.45, 7) is 2.25. The summed E-state index contributed by atoms with van der Waals surface area (Å²) >= 11 is 1.54. The molecule has 5 rings (SSSR count). The first-order chi connectivity index (χ1) is 9.64. The second-order valence-corrected chi connectivity index (χ2v) is 8.40. The predicted octanol–water partition coefficient (Wildman–Crippen LogP) is 4.08. The molecule has 4 fully saturated rings.